The second-order valence-electron chi connectivity index (χ2n) is 4.71. The van der Waals surface area contributed by atoms with Crippen molar-refractivity contribution in [3.63, 3.8) is 0 Å². The zero-order valence-corrected chi connectivity index (χ0v) is 12.8. The lowest BCUT2D eigenvalue weighted by molar-refractivity contribution is -0.142. The van der Waals surface area contributed by atoms with Crippen molar-refractivity contribution in [2.24, 2.45) is 0 Å². The number of ether oxygens (including phenoxy) is 2. The average Bonchev–Trinajstić information content (AvgIpc) is 2.75. The van der Waals surface area contributed by atoms with Crippen LogP contribution in [0.3, 0.4) is 0 Å². The summed E-state index contributed by atoms with van der Waals surface area (Å²) in [5.74, 6) is 0.508. The number of nitrogens with zero attached hydrogens (tertiary/aromatic N) is 2. The number of para-hydroxylation sites is 2. The van der Waals surface area contributed by atoms with Gasteiger partial charge in [0.1, 0.15) is 11.4 Å². The molecule has 21 heavy (non-hydrogen) atoms. The maximum atomic E-state index is 11.7. The minimum absolute atomic E-state index is 0.233. The summed E-state index contributed by atoms with van der Waals surface area (Å²) >= 11 is 0. The lowest BCUT2D eigenvalue weighted by Crippen LogP contribution is -2.09. The van der Waals surface area contributed by atoms with Gasteiger partial charge in [0.25, 0.3) is 0 Å². The summed E-state index contributed by atoms with van der Waals surface area (Å²) in [5, 5.41) is 4.53. The molecular formula is C16H20N2O3. The fourth-order valence-corrected chi connectivity index (χ4v) is 2.33. The average molecular weight is 288 g/mol. The molecule has 0 saturated carbocycles. The third-order valence-corrected chi connectivity index (χ3v) is 3.38. The summed E-state index contributed by atoms with van der Waals surface area (Å²) < 4.78 is 12.2. The molecule has 1 aromatic heterocycles. The molecular weight excluding hydrogens is 268 g/mol. The Bertz CT molecular complexity index is 647. The molecule has 0 atom stereocenters. The molecule has 5 heteroatoms. The first kappa shape index (κ1) is 15.1. The summed E-state index contributed by atoms with van der Waals surface area (Å²) in [6.45, 7) is 6.03. The van der Waals surface area contributed by atoms with Crippen LogP contribution < -0.4 is 4.74 Å². The molecule has 0 saturated heterocycles. The topological polar surface area (TPSA) is 53.3 Å². The quantitative estimate of drug-likeness (QED) is 0.794. The Morgan fingerprint density at radius 1 is 1.29 bits per heavy atom. The molecule has 5 nitrogen and oxygen atoms in total. The molecule has 2 aromatic rings. The molecule has 0 bridgehead atoms. The molecule has 1 heterocycles. The van der Waals surface area contributed by atoms with Crippen LogP contribution in [0.25, 0.3) is 5.69 Å². The number of carbonyl (C=O) groups excluding carboxylic acids is 1. The standard InChI is InChI=1S/C16H20N2O3/c1-5-21-16(19)10-13-11(2)17-18(12(13)3)14-8-6-7-9-15(14)20-4/h6-9H,5,10H2,1-4H3. The van der Waals surface area contributed by atoms with E-state index in [-0.39, 0.29) is 12.4 Å². The van der Waals surface area contributed by atoms with E-state index in [0.717, 1.165) is 28.4 Å². The number of esters is 1. The summed E-state index contributed by atoms with van der Waals surface area (Å²) in [6, 6.07) is 7.66. The minimum Gasteiger partial charge on any atom is -0.494 e. The van der Waals surface area contributed by atoms with Crippen LogP contribution >= 0.6 is 0 Å². The Labute approximate surface area is 124 Å². The van der Waals surface area contributed by atoms with Crippen molar-refractivity contribution in [1.82, 2.24) is 9.78 Å². The van der Waals surface area contributed by atoms with E-state index >= 15 is 0 Å². The van der Waals surface area contributed by atoms with Gasteiger partial charge in [0, 0.05) is 11.3 Å². The largest absolute Gasteiger partial charge is 0.494 e. The molecule has 0 unspecified atom stereocenters. The molecule has 0 radical (unpaired) electrons. The summed E-state index contributed by atoms with van der Waals surface area (Å²) in [6.07, 6.45) is 0.237. The number of benzene rings is 1. The van der Waals surface area contributed by atoms with Crippen LogP contribution in [0.15, 0.2) is 24.3 Å². The molecule has 0 N–H and O–H groups in total. The third kappa shape index (κ3) is 3.07. The zero-order valence-electron chi connectivity index (χ0n) is 12.8. The number of rotatable bonds is 5. The van der Waals surface area contributed by atoms with Crippen LogP contribution in [0.1, 0.15) is 23.9 Å². The van der Waals surface area contributed by atoms with Crippen LogP contribution in [0.4, 0.5) is 0 Å². The predicted octanol–water partition coefficient (Wildman–Crippen LogP) is 2.60. The Hall–Kier alpha value is -2.30. The van der Waals surface area contributed by atoms with Crippen LogP contribution in [0, 0.1) is 13.8 Å². The highest BCUT2D eigenvalue weighted by atomic mass is 16.5. The van der Waals surface area contributed by atoms with E-state index in [0.29, 0.717) is 6.61 Å². The number of hydrogen-bond donors (Lipinski definition) is 0. The van der Waals surface area contributed by atoms with E-state index in [2.05, 4.69) is 5.10 Å². The van der Waals surface area contributed by atoms with E-state index in [1.807, 2.05) is 42.8 Å². The molecule has 2 rings (SSSR count). The van der Waals surface area contributed by atoms with Gasteiger partial charge in [0.15, 0.2) is 0 Å². The first-order valence-electron chi connectivity index (χ1n) is 6.92. The van der Waals surface area contributed by atoms with E-state index in [4.69, 9.17) is 9.47 Å². The van der Waals surface area contributed by atoms with E-state index in [1.165, 1.54) is 0 Å². The van der Waals surface area contributed by atoms with Gasteiger partial charge in [-0.1, -0.05) is 12.1 Å². The van der Waals surface area contributed by atoms with Gasteiger partial charge < -0.3 is 9.47 Å². The van der Waals surface area contributed by atoms with Crippen molar-refractivity contribution in [1.29, 1.82) is 0 Å². The first-order valence-corrected chi connectivity index (χ1v) is 6.92. The molecule has 112 valence electrons. The Morgan fingerprint density at radius 2 is 2.00 bits per heavy atom. The molecule has 0 aliphatic heterocycles. The van der Waals surface area contributed by atoms with Crippen molar-refractivity contribution in [3.05, 3.63) is 41.2 Å². The van der Waals surface area contributed by atoms with Crippen LogP contribution in [-0.4, -0.2) is 29.5 Å². The van der Waals surface area contributed by atoms with Gasteiger partial charge >= 0.3 is 5.97 Å². The second kappa shape index (κ2) is 6.43. The molecule has 1 aromatic carbocycles. The molecule has 0 aliphatic carbocycles. The third-order valence-electron chi connectivity index (χ3n) is 3.38. The van der Waals surface area contributed by atoms with Crippen molar-refractivity contribution in [2.45, 2.75) is 27.2 Å². The summed E-state index contributed by atoms with van der Waals surface area (Å²) in [4.78, 5) is 11.7. The van der Waals surface area contributed by atoms with E-state index in [1.54, 1.807) is 14.0 Å². The molecule has 0 fully saturated rings. The number of aryl methyl sites for hydroxylation is 1. The lowest BCUT2D eigenvalue weighted by atomic mass is 10.1. The molecule has 0 aliphatic rings. The number of hydrogen-bond acceptors (Lipinski definition) is 4. The van der Waals surface area contributed by atoms with Crippen LogP contribution in [-0.2, 0) is 16.0 Å². The monoisotopic (exact) mass is 288 g/mol. The number of aromatic nitrogens is 2. The number of carbonyl (C=O) groups is 1. The smallest absolute Gasteiger partial charge is 0.310 e. The van der Waals surface area contributed by atoms with Crippen LogP contribution in [0.2, 0.25) is 0 Å². The van der Waals surface area contributed by atoms with Gasteiger partial charge in [-0.3, -0.25) is 4.79 Å². The highest BCUT2D eigenvalue weighted by Gasteiger charge is 2.18. The normalized spacial score (nSPS) is 10.5. The van der Waals surface area contributed by atoms with Gasteiger partial charge in [0.2, 0.25) is 0 Å². The summed E-state index contributed by atoms with van der Waals surface area (Å²) in [7, 11) is 1.63. The number of methoxy groups -OCH3 is 1. The van der Waals surface area contributed by atoms with Gasteiger partial charge in [0.05, 0.1) is 25.8 Å². The summed E-state index contributed by atoms with van der Waals surface area (Å²) in [5.41, 5.74) is 3.51. The van der Waals surface area contributed by atoms with Crippen LogP contribution in [0.5, 0.6) is 5.75 Å². The molecule has 0 amide bonds. The van der Waals surface area contributed by atoms with Crippen molar-refractivity contribution < 1.29 is 14.3 Å². The maximum absolute atomic E-state index is 11.7. The Kier molecular flexibility index (Phi) is 4.62. The Morgan fingerprint density at radius 3 is 2.67 bits per heavy atom. The Balaban J connectivity index is 2.41. The van der Waals surface area contributed by atoms with Gasteiger partial charge in [-0.05, 0) is 32.9 Å². The lowest BCUT2D eigenvalue weighted by Gasteiger charge is -2.10. The first-order chi connectivity index (χ1) is 10.1. The highest BCUT2D eigenvalue weighted by Crippen LogP contribution is 2.25. The predicted molar refractivity (Wildman–Crippen MR) is 79.9 cm³/mol. The van der Waals surface area contributed by atoms with E-state index < -0.39 is 0 Å². The zero-order chi connectivity index (χ0) is 15.4. The highest BCUT2D eigenvalue weighted by molar-refractivity contribution is 5.73. The minimum atomic E-state index is -0.233. The van der Waals surface area contributed by atoms with Gasteiger partial charge in [-0.25, -0.2) is 4.68 Å². The fourth-order valence-electron chi connectivity index (χ4n) is 2.33. The van der Waals surface area contributed by atoms with Gasteiger partial charge in [-0.15, -0.1) is 0 Å². The van der Waals surface area contributed by atoms with Crippen molar-refractivity contribution in [3.8, 4) is 11.4 Å². The van der Waals surface area contributed by atoms with E-state index in [9.17, 15) is 4.79 Å². The maximum Gasteiger partial charge on any atom is 0.310 e. The van der Waals surface area contributed by atoms with Gasteiger partial charge in [-0.2, -0.15) is 5.10 Å². The molecule has 0 spiro atoms. The van der Waals surface area contributed by atoms with Crippen molar-refractivity contribution >= 4 is 5.97 Å². The van der Waals surface area contributed by atoms with Crippen molar-refractivity contribution in [2.75, 3.05) is 13.7 Å². The fraction of sp³-hybridized carbons (Fsp3) is 0.375. The SMILES string of the molecule is CCOC(=O)Cc1c(C)nn(-c2ccccc2OC)c1C. The second-order valence-corrected chi connectivity index (χ2v) is 4.71.